The Labute approximate surface area is 144 Å². The van der Waals surface area contributed by atoms with Crippen molar-refractivity contribution >= 4 is 34.2 Å². The van der Waals surface area contributed by atoms with E-state index in [4.69, 9.17) is 5.11 Å². The van der Waals surface area contributed by atoms with Gasteiger partial charge in [-0.25, -0.2) is 0 Å². The standard InChI is InChI=1S/C17H18N4O2S/c1-11-18-19-17(24-10-16(22)23)21(11)15-9-8-14(20(2)3)12-6-4-5-7-13(12)15/h4-9H,10H2,1-3H3,(H,22,23). The van der Waals surface area contributed by atoms with E-state index < -0.39 is 5.97 Å². The number of anilines is 1. The number of nitrogens with zero attached hydrogens (tertiary/aromatic N) is 4. The fourth-order valence-corrected chi connectivity index (χ4v) is 3.40. The molecular weight excluding hydrogens is 324 g/mol. The molecule has 0 bridgehead atoms. The summed E-state index contributed by atoms with van der Waals surface area (Å²) in [6, 6.07) is 12.2. The molecule has 6 nitrogen and oxygen atoms in total. The Kier molecular flexibility index (Phi) is 4.44. The number of carboxylic acids is 1. The molecule has 1 heterocycles. The molecule has 0 aliphatic rings. The second kappa shape index (κ2) is 6.52. The number of carboxylic acid groups (broad SMARTS) is 1. The molecule has 3 rings (SSSR count). The third-order valence-corrected chi connectivity index (χ3v) is 4.63. The number of hydrogen-bond donors (Lipinski definition) is 1. The summed E-state index contributed by atoms with van der Waals surface area (Å²) in [6.07, 6.45) is 0. The number of aryl methyl sites for hydroxylation is 1. The van der Waals surface area contributed by atoms with Crippen molar-refractivity contribution in [3.8, 4) is 5.69 Å². The zero-order chi connectivity index (χ0) is 17.3. The Morgan fingerprint density at radius 2 is 1.88 bits per heavy atom. The molecule has 0 radical (unpaired) electrons. The van der Waals surface area contributed by atoms with Crippen molar-refractivity contribution in [1.82, 2.24) is 14.8 Å². The third kappa shape index (κ3) is 2.94. The largest absolute Gasteiger partial charge is 0.481 e. The van der Waals surface area contributed by atoms with E-state index in [2.05, 4.69) is 33.3 Å². The lowest BCUT2D eigenvalue weighted by Crippen LogP contribution is -2.10. The number of thioether (sulfide) groups is 1. The van der Waals surface area contributed by atoms with E-state index in [0.29, 0.717) is 5.16 Å². The maximum absolute atomic E-state index is 10.9. The highest BCUT2D eigenvalue weighted by atomic mass is 32.2. The highest BCUT2D eigenvalue weighted by molar-refractivity contribution is 7.99. The van der Waals surface area contributed by atoms with Gasteiger partial charge < -0.3 is 10.0 Å². The molecule has 124 valence electrons. The number of hydrogen-bond acceptors (Lipinski definition) is 5. The predicted octanol–water partition coefficient (Wildman–Crippen LogP) is 2.97. The molecule has 0 atom stereocenters. The van der Waals surface area contributed by atoms with Crippen LogP contribution in [0.1, 0.15) is 5.82 Å². The summed E-state index contributed by atoms with van der Waals surface area (Å²) in [7, 11) is 4.03. The number of aliphatic carboxylic acids is 1. The first-order chi connectivity index (χ1) is 11.5. The third-order valence-electron chi connectivity index (χ3n) is 3.72. The molecule has 0 spiro atoms. The maximum atomic E-state index is 10.9. The molecule has 7 heteroatoms. The molecule has 0 unspecified atom stereocenters. The number of carbonyl (C=O) groups is 1. The molecule has 0 amide bonds. The molecular formula is C17H18N4O2S. The minimum Gasteiger partial charge on any atom is -0.481 e. The number of aromatic nitrogens is 3. The van der Waals surface area contributed by atoms with E-state index in [1.807, 2.05) is 43.8 Å². The lowest BCUT2D eigenvalue weighted by atomic mass is 10.1. The van der Waals surface area contributed by atoms with Crippen molar-refractivity contribution in [3.05, 3.63) is 42.2 Å². The summed E-state index contributed by atoms with van der Waals surface area (Å²) in [5.74, 6) is -0.197. The van der Waals surface area contributed by atoms with Gasteiger partial charge in [0.1, 0.15) is 5.82 Å². The zero-order valence-corrected chi connectivity index (χ0v) is 14.5. The van der Waals surface area contributed by atoms with Crippen LogP contribution in [0.15, 0.2) is 41.6 Å². The van der Waals surface area contributed by atoms with E-state index in [-0.39, 0.29) is 5.75 Å². The van der Waals surface area contributed by atoms with E-state index in [9.17, 15) is 4.79 Å². The number of benzene rings is 2. The average Bonchev–Trinajstić information content (AvgIpc) is 2.92. The average molecular weight is 342 g/mol. The molecule has 1 N–H and O–H groups in total. The van der Waals surface area contributed by atoms with Gasteiger partial charge in [0.2, 0.25) is 0 Å². The van der Waals surface area contributed by atoms with Crippen LogP contribution in [0.2, 0.25) is 0 Å². The van der Waals surface area contributed by atoms with E-state index in [0.717, 1.165) is 28.0 Å². The summed E-state index contributed by atoms with van der Waals surface area (Å²) in [5, 5.41) is 20.0. The van der Waals surface area contributed by atoms with Crippen molar-refractivity contribution in [2.45, 2.75) is 12.1 Å². The molecule has 0 saturated heterocycles. The fraction of sp³-hybridized carbons (Fsp3) is 0.235. The minimum atomic E-state index is -0.875. The fourth-order valence-electron chi connectivity index (χ4n) is 2.69. The van der Waals surface area contributed by atoms with Gasteiger partial charge >= 0.3 is 5.97 Å². The topological polar surface area (TPSA) is 71.2 Å². The molecule has 0 saturated carbocycles. The van der Waals surface area contributed by atoms with Gasteiger partial charge in [0.25, 0.3) is 0 Å². The van der Waals surface area contributed by atoms with Crippen molar-refractivity contribution in [2.24, 2.45) is 0 Å². The minimum absolute atomic E-state index is 0.0498. The first-order valence-corrected chi connectivity index (χ1v) is 8.43. The number of fused-ring (bicyclic) bond motifs is 1. The second-order valence-corrected chi connectivity index (χ2v) is 6.53. The van der Waals surface area contributed by atoms with Crippen LogP contribution in [0, 0.1) is 6.92 Å². The van der Waals surface area contributed by atoms with Gasteiger partial charge in [-0.1, -0.05) is 36.0 Å². The Morgan fingerprint density at radius 1 is 1.17 bits per heavy atom. The summed E-state index contributed by atoms with van der Waals surface area (Å²) >= 11 is 1.17. The summed E-state index contributed by atoms with van der Waals surface area (Å²) in [6.45, 7) is 1.87. The van der Waals surface area contributed by atoms with Crippen LogP contribution >= 0.6 is 11.8 Å². The summed E-state index contributed by atoms with van der Waals surface area (Å²) in [5.41, 5.74) is 2.08. The van der Waals surface area contributed by atoms with Gasteiger partial charge in [0, 0.05) is 30.6 Å². The van der Waals surface area contributed by atoms with Crippen molar-refractivity contribution in [2.75, 3.05) is 24.7 Å². The van der Waals surface area contributed by atoms with E-state index in [1.54, 1.807) is 0 Å². The Bertz CT molecular complexity index is 905. The van der Waals surface area contributed by atoms with Crippen molar-refractivity contribution in [3.63, 3.8) is 0 Å². The van der Waals surface area contributed by atoms with Crippen molar-refractivity contribution in [1.29, 1.82) is 0 Å². The first-order valence-electron chi connectivity index (χ1n) is 7.45. The van der Waals surface area contributed by atoms with Gasteiger partial charge in [-0.3, -0.25) is 9.36 Å². The molecule has 0 aliphatic heterocycles. The lowest BCUT2D eigenvalue weighted by molar-refractivity contribution is -0.133. The SMILES string of the molecule is Cc1nnc(SCC(=O)O)n1-c1ccc(N(C)C)c2ccccc12. The van der Waals surface area contributed by atoms with Crippen LogP contribution in [-0.2, 0) is 4.79 Å². The van der Waals surface area contributed by atoms with Crippen LogP contribution in [0.25, 0.3) is 16.5 Å². The van der Waals surface area contributed by atoms with Crippen molar-refractivity contribution < 1.29 is 9.90 Å². The van der Waals surface area contributed by atoms with Gasteiger partial charge in [-0.05, 0) is 19.1 Å². The molecule has 1 aromatic heterocycles. The van der Waals surface area contributed by atoms with Crippen LogP contribution in [0.5, 0.6) is 0 Å². The maximum Gasteiger partial charge on any atom is 0.313 e. The van der Waals surface area contributed by atoms with E-state index >= 15 is 0 Å². The van der Waals surface area contributed by atoms with Gasteiger partial charge in [0.05, 0.1) is 11.4 Å². The van der Waals surface area contributed by atoms with Crippen LogP contribution < -0.4 is 4.90 Å². The van der Waals surface area contributed by atoms with Crippen LogP contribution in [-0.4, -0.2) is 45.7 Å². The van der Waals surface area contributed by atoms with E-state index in [1.165, 1.54) is 11.8 Å². The van der Waals surface area contributed by atoms with Gasteiger partial charge in [-0.2, -0.15) is 0 Å². The summed E-state index contributed by atoms with van der Waals surface area (Å²) < 4.78 is 1.91. The highest BCUT2D eigenvalue weighted by Gasteiger charge is 2.16. The smallest absolute Gasteiger partial charge is 0.313 e. The van der Waals surface area contributed by atoms with Gasteiger partial charge in [-0.15, -0.1) is 10.2 Å². The van der Waals surface area contributed by atoms with Crippen LogP contribution in [0.4, 0.5) is 5.69 Å². The first kappa shape index (κ1) is 16.3. The Hall–Kier alpha value is -2.54. The molecule has 24 heavy (non-hydrogen) atoms. The monoisotopic (exact) mass is 342 g/mol. The van der Waals surface area contributed by atoms with Crippen LogP contribution in [0.3, 0.4) is 0 Å². The molecule has 3 aromatic rings. The molecule has 2 aromatic carbocycles. The quantitative estimate of drug-likeness (QED) is 0.719. The summed E-state index contributed by atoms with van der Waals surface area (Å²) in [4.78, 5) is 13.0. The second-order valence-electron chi connectivity index (χ2n) is 5.59. The lowest BCUT2D eigenvalue weighted by Gasteiger charge is -2.18. The number of rotatable bonds is 5. The Balaban J connectivity index is 2.19. The molecule has 0 aliphatic carbocycles. The zero-order valence-electron chi connectivity index (χ0n) is 13.7. The Morgan fingerprint density at radius 3 is 2.54 bits per heavy atom. The highest BCUT2D eigenvalue weighted by Crippen LogP contribution is 2.33. The normalized spacial score (nSPS) is 11.0. The molecule has 0 fully saturated rings. The predicted molar refractivity (Wildman–Crippen MR) is 96.3 cm³/mol. The van der Waals surface area contributed by atoms with Gasteiger partial charge in [0.15, 0.2) is 5.16 Å².